The molecule has 1 aliphatic rings. The standard InChI is InChI=1S/C16H25N3O5S2/c1-4-25(21,22)19-9-5-6-13(11-19)16(20)18-15-10-14(8-7-12(15)2)26(23,24)17-3/h7-8,10,13,17H,4-6,9,11H2,1-3H3,(H,18,20)/t13-/m0/s1. The molecule has 8 nitrogen and oxygen atoms in total. The van der Waals surface area contributed by atoms with Crippen LogP contribution in [0.5, 0.6) is 0 Å². The first-order chi connectivity index (χ1) is 12.1. The number of carbonyl (C=O) groups excluding carboxylic acids is 1. The molecule has 1 saturated heterocycles. The van der Waals surface area contributed by atoms with Crippen LogP contribution in [0.25, 0.3) is 0 Å². The van der Waals surface area contributed by atoms with Gasteiger partial charge in [-0.2, -0.15) is 0 Å². The Morgan fingerprint density at radius 2 is 1.96 bits per heavy atom. The lowest BCUT2D eigenvalue weighted by atomic mass is 9.98. The normalized spacial score (nSPS) is 19.3. The van der Waals surface area contributed by atoms with Gasteiger partial charge in [0.05, 0.1) is 16.6 Å². The number of nitrogens with one attached hydrogen (secondary N) is 2. The molecule has 1 aromatic rings. The minimum absolute atomic E-state index is 0.00434. The van der Waals surface area contributed by atoms with E-state index >= 15 is 0 Å². The summed E-state index contributed by atoms with van der Waals surface area (Å²) in [5.41, 5.74) is 1.13. The molecule has 26 heavy (non-hydrogen) atoms. The minimum atomic E-state index is -3.62. The van der Waals surface area contributed by atoms with Crippen LogP contribution in [-0.2, 0) is 24.8 Å². The Hall–Kier alpha value is -1.49. The number of hydrogen-bond donors (Lipinski definition) is 2. The number of aryl methyl sites for hydroxylation is 1. The maximum Gasteiger partial charge on any atom is 0.240 e. The number of rotatable bonds is 6. The van der Waals surface area contributed by atoms with E-state index in [2.05, 4.69) is 10.0 Å². The van der Waals surface area contributed by atoms with Gasteiger partial charge in [0.1, 0.15) is 0 Å². The Bertz CT molecular complexity index is 881. The van der Waals surface area contributed by atoms with E-state index in [4.69, 9.17) is 0 Å². The fourth-order valence-corrected chi connectivity index (χ4v) is 4.78. The maximum atomic E-state index is 12.6. The van der Waals surface area contributed by atoms with Gasteiger partial charge in [-0.15, -0.1) is 0 Å². The molecule has 0 saturated carbocycles. The lowest BCUT2D eigenvalue weighted by Gasteiger charge is -2.31. The molecule has 2 N–H and O–H groups in total. The molecule has 1 aliphatic heterocycles. The Balaban J connectivity index is 2.18. The average Bonchev–Trinajstić information content (AvgIpc) is 2.63. The number of amides is 1. The van der Waals surface area contributed by atoms with Crippen molar-refractivity contribution in [2.45, 2.75) is 31.6 Å². The summed E-state index contributed by atoms with van der Waals surface area (Å²) in [6.07, 6.45) is 1.21. The van der Waals surface area contributed by atoms with E-state index in [9.17, 15) is 21.6 Å². The van der Waals surface area contributed by atoms with Gasteiger partial charge < -0.3 is 5.32 Å². The fourth-order valence-electron chi connectivity index (χ4n) is 2.85. The number of carbonyl (C=O) groups is 1. The zero-order valence-corrected chi connectivity index (χ0v) is 16.8. The quantitative estimate of drug-likeness (QED) is 0.733. The SMILES string of the molecule is CCS(=O)(=O)N1CCC[C@H](C(=O)Nc2cc(S(=O)(=O)NC)ccc2C)C1. The van der Waals surface area contributed by atoms with Gasteiger partial charge in [0.25, 0.3) is 0 Å². The van der Waals surface area contributed by atoms with Gasteiger partial charge in [0.2, 0.25) is 26.0 Å². The summed E-state index contributed by atoms with van der Waals surface area (Å²) in [5.74, 6) is -0.762. The first-order valence-electron chi connectivity index (χ1n) is 8.43. The Morgan fingerprint density at radius 1 is 1.27 bits per heavy atom. The molecule has 0 aromatic heterocycles. The van der Waals surface area contributed by atoms with E-state index in [-0.39, 0.29) is 23.1 Å². The highest BCUT2D eigenvalue weighted by Crippen LogP contribution is 2.24. The molecule has 0 spiro atoms. The van der Waals surface area contributed by atoms with E-state index in [1.54, 1.807) is 19.9 Å². The van der Waals surface area contributed by atoms with Gasteiger partial charge in [-0.3, -0.25) is 4.79 Å². The Morgan fingerprint density at radius 3 is 2.58 bits per heavy atom. The smallest absolute Gasteiger partial charge is 0.240 e. The molecule has 0 unspecified atom stereocenters. The predicted octanol–water partition coefficient (Wildman–Crippen LogP) is 0.903. The van der Waals surface area contributed by atoms with Crippen molar-refractivity contribution in [1.82, 2.24) is 9.03 Å². The highest BCUT2D eigenvalue weighted by atomic mass is 32.2. The topological polar surface area (TPSA) is 113 Å². The maximum absolute atomic E-state index is 12.6. The molecule has 0 aliphatic carbocycles. The molecule has 0 radical (unpaired) electrons. The van der Waals surface area contributed by atoms with Crippen LogP contribution in [0, 0.1) is 12.8 Å². The number of benzene rings is 1. The number of hydrogen-bond acceptors (Lipinski definition) is 5. The van der Waals surface area contributed by atoms with Crippen LogP contribution in [0.4, 0.5) is 5.69 Å². The Labute approximate surface area is 155 Å². The van der Waals surface area contributed by atoms with Crippen molar-refractivity contribution >= 4 is 31.6 Å². The molecular weight excluding hydrogens is 378 g/mol. The second-order valence-electron chi connectivity index (χ2n) is 6.27. The molecule has 2 rings (SSSR count). The largest absolute Gasteiger partial charge is 0.326 e. The molecule has 1 atom stereocenters. The highest BCUT2D eigenvalue weighted by molar-refractivity contribution is 7.89. The van der Waals surface area contributed by atoms with Crippen molar-refractivity contribution in [2.75, 3.05) is 31.2 Å². The van der Waals surface area contributed by atoms with Crippen molar-refractivity contribution in [2.24, 2.45) is 5.92 Å². The van der Waals surface area contributed by atoms with E-state index in [0.29, 0.717) is 25.1 Å². The minimum Gasteiger partial charge on any atom is -0.326 e. The van der Waals surface area contributed by atoms with Crippen LogP contribution in [0.3, 0.4) is 0 Å². The summed E-state index contributed by atoms with van der Waals surface area (Å²) in [6, 6.07) is 4.49. The van der Waals surface area contributed by atoms with E-state index in [1.807, 2.05) is 0 Å². The van der Waals surface area contributed by atoms with Gasteiger partial charge in [-0.25, -0.2) is 25.9 Å². The van der Waals surface area contributed by atoms with Crippen LogP contribution in [0.1, 0.15) is 25.3 Å². The van der Waals surface area contributed by atoms with Gasteiger partial charge in [-0.05, 0) is 51.4 Å². The predicted molar refractivity (Wildman–Crippen MR) is 99.8 cm³/mol. The third kappa shape index (κ3) is 4.61. The second kappa shape index (κ2) is 8.03. The van der Waals surface area contributed by atoms with Crippen molar-refractivity contribution in [3.8, 4) is 0 Å². The summed E-state index contributed by atoms with van der Waals surface area (Å²) < 4.78 is 51.6. The van der Waals surface area contributed by atoms with Gasteiger partial charge in [0.15, 0.2) is 0 Å². The van der Waals surface area contributed by atoms with Crippen LogP contribution in [-0.4, -0.2) is 52.9 Å². The molecule has 1 fully saturated rings. The lowest BCUT2D eigenvalue weighted by Crippen LogP contribution is -2.44. The molecule has 1 amide bonds. The van der Waals surface area contributed by atoms with Crippen molar-refractivity contribution in [3.63, 3.8) is 0 Å². The first kappa shape index (κ1) is 20.8. The first-order valence-corrected chi connectivity index (χ1v) is 11.5. The van der Waals surface area contributed by atoms with Crippen LogP contribution >= 0.6 is 0 Å². The fraction of sp³-hybridized carbons (Fsp3) is 0.562. The molecular formula is C16H25N3O5S2. The highest BCUT2D eigenvalue weighted by Gasteiger charge is 2.31. The summed E-state index contributed by atoms with van der Waals surface area (Å²) in [7, 11) is -5.63. The average molecular weight is 404 g/mol. The van der Waals surface area contributed by atoms with E-state index in [0.717, 1.165) is 5.56 Å². The molecule has 0 bridgehead atoms. The number of anilines is 1. The zero-order chi connectivity index (χ0) is 19.5. The third-order valence-electron chi connectivity index (χ3n) is 4.56. The van der Waals surface area contributed by atoms with Gasteiger partial charge in [0, 0.05) is 18.8 Å². The number of sulfonamides is 2. The Kier molecular flexibility index (Phi) is 6.43. The lowest BCUT2D eigenvalue weighted by molar-refractivity contribution is -0.120. The summed E-state index contributed by atoms with van der Waals surface area (Å²) in [4.78, 5) is 12.7. The van der Waals surface area contributed by atoms with Crippen molar-refractivity contribution in [3.05, 3.63) is 23.8 Å². The molecule has 1 heterocycles. The number of nitrogens with zero attached hydrogens (tertiary/aromatic N) is 1. The van der Waals surface area contributed by atoms with Crippen LogP contribution in [0.15, 0.2) is 23.1 Å². The summed E-state index contributed by atoms with van der Waals surface area (Å²) in [6.45, 7) is 3.92. The van der Waals surface area contributed by atoms with Crippen LogP contribution < -0.4 is 10.0 Å². The van der Waals surface area contributed by atoms with E-state index < -0.39 is 26.0 Å². The molecule has 10 heteroatoms. The summed E-state index contributed by atoms with van der Waals surface area (Å²) in [5, 5.41) is 2.75. The molecule has 1 aromatic carbocycles. The van der Waals surface area contributed by atoms with E-state index in [1.165, 1.54) is 23.5 Å². The zero-order valence-electron chi connectivity index (χ0n) is 15.1. The van der Waals surface area contributed by atoms with Crippen molar-refractivity contribution in [1.29, 1.82) is 0 Å². The summed E-state index contributed by atoms with van der Waals surface area (Å²) >= 11 is 0. The second-order valence-corrected chi connectivity index (χ2v) is 10.4. The third-order valence-corrected chi connectivity index (χ3v) is 7.82. The monoisotopic (exact) mass is 403 g/mol. The molecule has 146 valence electrons. The van der Waals surface area contributed by atoms with Gasteiger partial charge >= 0.3 is 0 Å². The van der Waals surface area contributed by atoms with Gasteiger partial charge in [-0.1, -0.05) is 6.07 Å². The van der Waals surface area contributed by atoms with Crippen molar-refractivity contribution < 1.29 is 21.6 Å². The number of piperidine rings is 1. The van der Waals surface area contributed by atoms with Crippen LogP contribution in [0.2, 0.25) is 0 Å².